The fraction of sp³-hybridized carbons (Fsp3) is 0.500. The van der Waals surface area contributed by atoms with Crippen LogP contribution in [0.2, 0.25) is 0 Å². The first-order valence-corrected chi connectivity index (χ1v) is 7.17. The van der Waals surface area contributed by atoms with Gasteiger partial charge in [0.2, 0.25) is 0 Å². The lowest BCUT2D eigenvalue weighted by Crippen LogP contribution is -2.32. The summed E-state index contributed by atoms with van der Waals surface area (Å²) in [5.41, 5.74) is 1.50. The molecule has 0 aliphatic heterocycles. The van der Waals surface area contributed by atoms with Gasteiger partial charge in [0.25, 0.3) is 0 Å². The molecule has 1 aliphatic rings. The van der Waals surface area contributed by atoms with Crippen molar-refractivity contribution in [3.63, 3.8) is 0 Å². The molecule has 1 N–H and O–H groups in total. The average molecular weight is 272 g/mol. The summed E-state index contributed by atoms with van der Waals surface area (Å²) in [6.07, 6.45) is 3.71. The molecule has 106 valence electrons. The Kier molecular flexibility index (Phi) is 5.00. The number of ether oxygens (including phenoxy) is 1. The van der Waals surface area contributed by atoms with E-state index in [0.29, 0.717) is 12.2 Å². The van der Waals surface area contributed by atoms with Crippen LogP contribution in [0, 0.1) is 17.2 Å². The number of benzene rings is 1. The summed E-state index contributed by atoms with van der Waals surface area (Å²) in [5.74, 6) is -0.108. The van der Waals surface area contributed by atoms with Crippen LogP contribution in [0.3, 0.4) is 0 Å². The third kappa shape index (κ3) is 3.51. The Morgan fingerprint density at radius 1 is 1.45 bits per heavy atom. The van der Waals surface area contributed by atoms with Crippen molar-refractivity contribution in [1.82, 2.24) is 0 Å². The number of para-hydroxylation sites is 1. The molecule has 1 aromatic carbocycles. The van der Waals surface area contributed by atoms with Crippen molar-refractivity contribution in [2.45, 2.75) is 38.6 Å². The predicted molar refractivity (Wildman–Crippen MR) is 77.2 cm³/mol. The summed E-state index contributed by atoms with van der Waals surface area (Å²) in [5, 5.41) is 12.5. The van der Waals surface area contributed by atoms with E-state index in [0.717, 1.165) is 31.4 Å². The molecule has 0 amide bonds. The Morgan fingerprint density at radius 3 is 3.00 bits per heavy atom. The number of hydrogen-bond acceptors (Lipinski definition) is 4. The van der Waals surface area contributed by atoms with E-state index in [4.69, 9.17) is 10.00 Å². The smallest absolute Gasteiger partial charge is 0.308 e. The molecule has 0 spiro atoms. The van der Waals surface area contributed by atoms with E-state index in [1.807, 2.05) is 25.1 Å². The topological polar surface area (TPSA) is 62.1 Å². The molecular formula is C16H20N2O2. The van der Waals surface area contributed by atoms with Crippen LogP contribution in [-0.2, 0) is 9.53 Å². The first kappa shape index (κ1) is 14.4. The number of carbonyl (C=O) groups is 1. The molecule has 2 rings (SSSR count). The number of esters is 1. The summed E-state index contributed by atoms with van der Waals surface area (Å²) in [7, 11) is 0. The summed E-state index contributed by atoms with van der Waals surface area (Å²) in [6, 6.07) is 9.89. The fourth-order valence-electron chi connectivity index (χ4n) is 2.72. The highest BCUT2D eigenvalue weighted by molar-refractivity contribution is 5.72. The van der Waals surface area contributed by atoms with Gasteiger partial charge in [0.15, 0.2) is 0 Å². The number of nitriles is 1. The maximum absolute atomic E-state index is 11.8. The maximum atomic E-state index is 11.8. The lowest BCUT2D eigenvalue weighted by Gasteiger charge is -2.29. The van der Waals surface area contributed by atoms with E-state index in [1.165, 1.54) is 0 Å². The summed E-state index contributed by atoms with van der Waals surface area (Å²) in [4.78, 5) is 11.8. The molecular weight excluding hydrogens is 252 g/mol. The monoisotopic (exact) mass is 272 g/mol. The van der Waals surface area contributed by atoms with Crippen molar-refractivity contribution >= 4 is 11.7 Å². The Balaban J connectivity index is 1.99. The van der Waals surface area contributed by atoms with Gasteiger partial charge in [-0.1, -0.05) is 18.6 Å². The molecule has 1 saturated carbocycles. The van der Waals surface area contributed by atoms with E-state index in [9.17, 15) is 4.79 Å². The van der Waals surface area contributed by atoms with Gasteiger partial charge in [-0.15, -0.1) is 0 Å². The van der Waals surface area contributed by atoms with Gasteiger partial charge in [-0.05, 0) is 38.3 Å². The summed E-state index contributed by atoms with van der Waals surface area (Å²) >= 11 is 0. The molecule has 4 nitrogen and oxygen atoms in total. The minimum absolute atomic E-state index is 0.0181. The van der Waals surface area contributed by atoms with Crippen LogP contribution in [0.25, 0.3) is 0 Å². The van der Waals surface area contributed by atoms with Gasteiger partial charge in [-0.3, -0.25) is 4.79 Å². The third-order valence-corrected chi connectivity index (χ3v) is 3.70. The van der Waals surface area contributed by atoms with Crippen LogP contribution >= 0.6 is 0 Å². The Hall–Kier alpha value is -2.02. The highest BCUT2D eigenvalue weighted by atomic mass is 16.5. The second-order valence-corrected chi connectivity index (χ2v) is 5.11. The summed E-state index contributed by atoms with van der Waals surface area (Å²) < 4.78 is 5.11. The van der Waals surface area contributed by atoms with Crippen molar-refractivity contribution in [2.24, 2.45) is 5.92 Å². The minimum Gasteiger partial charge on any atom is -0.466 e. The fourth-order valence-corrected chi connectivity index (χ4v) is 2.72. The average Bonchev–Trinajstić information content (AvgIpc) is 2.48. The van der Waals surface area contributed by atoms with Crippen molar-refractivity contribution in [1.29, 1.82) is 5.26 Å². The zero-order chi connectivity index (χ0) is 14.4. The maximum Gasteiger partial charge on any atom is 0.308 e. The molecule has 2 atom stereocenters. The molecule has 0 aromatic heterocycles. The number of nitrogens with one attached hydrogen (secondary N) is 1. The number of nitrogens with zero attached hydrogens (tertiary/aromatic N) is 1. The van der Waals surface area contributed by atoms with Gasteiger partial charge >= 0.3 is 5.97 Å². The van der Waals surface area contributed by atoms with Gasteiger partial charge in [-0.25, -0.2) is 0 Å². The van der Waals surface area contributed by atoms with Crippen LogP contribution in [0.4, 0.5) is 5.69 Å². The lowest BCUT2D eigenvalue weighted by atomic mass is 9.85. The van der Waals surface area contributed by atoms with Crippen LogP contribution in [0.5, 0.6) is 0 Å². The Bertz CT molecular complexity index is 507. The Labute approximate surface area is 119 Å². The predicted octanol–water partition coefficient (Wildman–Crippen LogP) is 3.09. The number of carbonyl (C=O) groups excluding carboxylic acids is 1. The first-order chi connectivity index (χ1) is 9.74. The Morgan fingerprint density at radius 2 is 2.25 bits per heavy atom. The van der Waals surface area contributed by atoms with Crippen molar-refractivity contribution in [3.8, 4) is 6.07 Å². The standard InChI is InChI=1S/C16H20N2O2/c1-2-20-16(19)12-7-5-8-14(10-12)18-15-9-4-3-6-13(15)11-17/h3-4,6,9,12,14,18H,2,5,7-8,10H2,1H3. The molecule has 1 fully saturated rings. The normalized spacial score (nSPS) is 21.8. The molecule has 0 bridgehead atoms. The molecule has 4 heteroatoms. The van der Waals surface area contributed by atoms with E-state index in [2.05, 4.69) is 11.4 Å². The van der Waals surface area contributed by atoms with Gasteiger partial charge in [0, 0.05) is 6.04 Å². The largest absolute Gasteiger partial charge is 0.466 e. The SMILES string of the molecule is CCOC(=O)C1CCCC(Nc2ccccc2C#N)C1. The molecule has 0 heterocycles. The summed E-state index contributed by atoms with van der Waals surface area (Å²) in [6.45, 7) is 2.27. The highest BCUT2D eigenvalue weighted by Gasteiger charge is 2.28. The van der Waals surface area contributed by atoms with Gasteiger partial charge < -0.3 is 10.1 Å². The number of rotatable bonds is 4. The van der Waals surface area contributed by atoms with Gasteiger partial charge in [0.1, 0.15) is 6.07 Å². The molecule has 2 unspecified atom stereocenters. The second-order valence-electron chi connectivity index (χ2n) is 5.11. The lowest BCUT2D eigenvalue weighted by molar-refractivity contribution is -0.149. The molecule has 20 heavy (non-hydrogen) atoms. The third-order valence-electron chi connectivity index (χ3n) is 3.70. The second kappa shape index (κ2) is 6.95. The van der Waals surface area contributed by atoms with Gasteiger partial charge in [-0.2, -0.15) is 5.26 Å². The highest BCUT2D eigenvalue weighted by Crippen LogP contribution is 2.28. The molecule has 0 saturated heterocycles. The van der Waals surface area contributed by atoms with E-state index in [-0.39, 0.29) is 17.9 Å². The van der Waals surface area contributed by atoms with Crippen LogP contribution < -0.4 is 5.32 Å². The van der Waals surface area contributed by atoms with Crippen LogP contribution in [0.15, 0.2) is 24.3 Å². The zero-order valence-corrected chi connectivity index (χ0v) is 11.8. The van der Waals surface area contributed by atoms with Gasteiger partial charge in [0.05, 0.1) is 23.8 Å². The first-order valence-electron chi connectivity index (χ1n) is 7.17. The molecule has 1 aliphatic carbocycles. The molecule has 1 aromatic rings. The van der Waals surface area contributed by atoms with Crippen molar-refractivity contribution in [2.75, 3.05) is 11.9 Å². The van der Waals surface area contributed by atoms with Crippen molar-refractivity contribution < 1.29 is 9.53 Å². The quantitative estimate of drug-likeness (QED) is 0.855. The van der Waals surface area contributed by atoms with Crippen LogP contribution in [0.1, 0.15) is 38.2 Å². The minimum atomic E-state index is -0.0902. The van der Waals surface area contributed by atoms with Crippen molar-refractivity contribution in [3.05, 3.63) is 29.8 Å². The van der Waals surface area contributed by atoms with Crippen LogP contribution in [-0.4, -0.2) is 18.6 Å². The zero-order valence-electron chi connectivity index (χ0n) is 11.8. The number of hydrogen-bond donors (Lipinski definition) is 1. The number of anilines is 1. The van der Waals surface area contributed by atoms with E-state index in [1.54, 1.807) is 6.07 Å². The van der Waals surface area contributed by atoms with E-state index >= 15 is 0 Å². The van der Waals surface area contributed by atoms with E-state index < -0.39 is 0 Å². The molecule has 0 radical (unpaired) electrons.